The molecule has 0 saturated heterocycles. The van der Waals surface area contributed by atoms with Crippen molar-refractivity contribution in [2.45, 2.75) is 32.6 Å². The van der Waals surface area contributed by atoms with E-state index in [0.717, 1.165) is 12.1 Å². The molecule has 4 rings (SSSR count). The largest absolute Gasteiger partial charge is 0.419 e. The minimum Gasteiger partial charge on any atom is -0.396 e. The first-order chi connectivity index (χ1) is 23.3. The number of aliphatic hydroxyl groups excluding tert-OH is 1. The Morgan fingerprint density at radius 3 is 1.60 bits per heavy atom. The van der Waals surface area contributed by atoms with Crippen molar-refractivity contribution in [1.82, 2.24) is 19.9 Å². The zero-order valence-corrected chi connectivity index (χ0v) is 26.5. The molecule has 268 valence electrons. The molecule has 2 aromatic carbocycles. The number of aliphatic hydroxyl groups is 1. The van der Waals surface area contributed by atoms with Crippen LogP contribution in [0.5, 0.6) is 0 Å². The van der Waals surface area contributed by atoms with Crippen LogP contribution in [0.15, 0.2) is 48.5 Å². The molecule has 0 aliphatic carbocycles. The summed E-state index contributed by atoms with van der Waals surface area (Å²) in [6.07, 6.45) is -9.25. The Hall–Kier alpha value is -5.37. The number of nitrogens with one attached hydrogen (secondary N) is 5. The predicted molar refractivity (Wildman–Crippen MR) is 167 cm³/mol. The molecular formula is C29H26ClF8N9O3. The number of amides is 4. The van der Waals surface area contributed by atoms with Gasteiger partial charge in [0.15, 0.2) is 0 Å². The number of alkyl halides is 6. The maximum Gasteiger partial charge on any atom is 0.419 e. The van der Waals surface area contributed by atoms with E-state index in [9.17, 15) is 44.7 Å². The fourth-order valence-electron chi connectivity index (χ4n) is 3.76. The number of aryl methyl sites for hydroxylation is 2. The first kappa shape index (κ1) is 39.1. The molecule has 0 saturated carbocycles. The summed E-state index contributed by atoms with van der Waals surface area (Å²) in [7, 11) is 0. The first-order valence-corrected chi connectivity index (χ1v) is 14.3. The summed E-state index contributed by atoms with van der Waals surface area (Å²) < 4.78 is 102. The number of rotatable bonds is 8. The number of carbonyl (C=O) groups excluding carboxylic acids is 2. The Morgan fingerprint density at radius 2 is 1.16 bits per heavy atom. The average Bonchev–Trinajstić information content (AvgIpc) is 2.97. The predicted octanol–water partition coefficient (Wildman–Crippen LogP) is 7.62. The zero-order chi connectivity index (χ0) is 37.2. The minimum absolute atomic E-state index is 0.00215. The molecule has 2 heterocycles. The number of hydrogen-bond donors (Lipinski definition) is 6. The van der Waals surface area contributed by atoms with E-state index in [4.69, 9.17) is 16.7 Å². The van der Waals surface area contributed by atoms with Gasteiger partial charge in [-0.15, -0.1) is 0 Å². The Kier molecular flexibility index (Phi) is 13.2. The third-order valence-electron chi connectivity index (χ3n) is 5.83. The summed E-state index contributed by atoms with van der Waals surface area (Å²) in [6, 6.07) is 5.50. The zero-order valence-electron chi connectivity index (χ0n) is 25.7. The van der Waals surface area contributed by atoms with Crippen LogP contribution in [-0.2, 0) is 12.4 Å². The van der Waals surface area contributed by atoms with Gasteiger partial charge in [0.1, 0.15) is 22.6 Å². The summed E-state index contributed by atoms with van der Waals surface area (Å²) in [5.41, 5.74) is -2.42. The summed E-state index contributed by atoms with van der Waals surface area (Å²) in [4.78, 5) is 39.4. The molecule has 0 bridgehead atoms. The molecule has 0 fully saturated rings. The number of benzene rings is 2. The molecule has 0 atom stereocenters. The van der Waals surface area contributed by atoms with Gasteiger partial charge in [0, 0.05) is 42.0 Å². The van der Waals surface area contributed by atoms with Gasteiger partial charge in [-0.05, 0) is 62.7 Å². The van der Waals surface area contributed by atoms with E-state index in [1.165, 1.54) is 6.07 Å². The molecule has 6 N–H and O–H groups in total. The number of hydrogen-bond acceptors (Lipinski definition) is 8. The third-order valence-corrected chi connectivity index (χ3v) is 6.02. The number of nitrogens with zero attached hydrogens (tertiary/aromatic N) is 4. The lowest BCUT2D eigenvalue weighted by molar-refractivity contribution is -0.140. The lowest BCUT2D eigenvalue weighted by Gasteiger charge is -2.12. The van der Waals surface area contributed by atoms with Crippen molar-refractivity contribution in [1.29, 1.82) is 0 Å². The molecule has 4 amide bonds. The minimum atomic E-state index is -4.88. The number of aromatic nitrogens is 4. The van der Waals surface area contributed by atoms with Crippen molar-refractivity contribution >= 4 is 52.8 Å². The van der Waals surface area contributed by atoms with E-state index in [-0.39, 0.29) is 35.0 Å². The van der Waals surface area contributed by atoms with Crippen LogP contribution in [-0.4, -0.2) is 50.3 Å². The van der Waals surface area contributed by atoms with Crippen molar-refractivity contribution in [3.8, 4) is 0 Å². The van der Waals surface area contributed by atoms with Crippen molar-refractivity contribution in [3.05, 3.63) is 87.8 Å². The summed E-state index contributed by atoms with van der Waals surface area (Å²) in [5, 5.41) is 20.6. The molecule has 4 aromatic rings. The first-order valence-electron chi connectivity index (χ1n) is 13.9. The van der Waals surface area contributed by atoms with Gasteiger partial charge < -0.3 is 21.1 Å². The van der Waals surface area contributed by atoms with Crippen LogP contribution in [0.25, 0.3) is 0 Å². The van der Waals surface area contributed by atoms with Crippen LogP contribution in [0.2, 0.25) is 5.15 Å². The van der Waals surface area contributed by atoms with Gasteiger partial charge >= 0.3 is 24.4 Å². The number of carbonyl (C=O) groups is 2. The normalized spacial score (nSPS) is 11.2. The van der Waals surface area contributed by atoms with Crippen LogP contribution in [0.3, 0.4) is 0 Å². The molecule has 0 radical (unpaired) electrons. The average molecular weight is 736 g/mol. The van der Waals surface area contributed by atoms with Crippen molar-refractivity contribution in [3.63, 3.8) is 0 Å². The molecule has 12 nitrogen and oxygen atoms in total. The molecule has 0 unspecified atom stereocenters. The van der Waals surface area contributed by atoms with E-state index in [0.29, 0.717) is 54.4 Å². The third kappa shape index (κ3) is 12.3. The van der Waals surface area contributed by atoms with Crippen molar-refractivity contribution in [2.75, 3.05) is 39.7 Å². The lowest BCUT2D eigenvalue weighted by Crippen LogP contribution is -2.22. The maximum absolute atomic E-state index is 13.3. The van der Waals surface area contributed by atoms with Crippen molar-refractivity contribution < 1.29 is 49.8 Å². The van der Waals surface area contributed by atoms with Gasteiger partial charge in [-0.1, -0.05) is 11.6 Å². The molecule has 0 spiro atoms. The highest BCUT2D eigenvalue weighted by Crippen LogP contribution is 2.34. The van der Waals surface area contributed by atoms with Gasteiger partial charge in [0.25, 0.3) is 0 Å². The summed E-state index contributed by atoms with van der Waals surface area (Å²) in [6.45, 7) is 3.74. The standard InChI is InChI=1S/C16H17F4N5O2.C13H9ClF4N4O/c1-9-7-13(21-5-2-6-26)24-14(22-9)25-15(27)23-10-3-4-12(17)11(8-10)16(18,19)20;1-6-4-10(14)21-11(19-6)22-12(23)20-7-2-3-9(15)8(5-7)13(16,17)18/h3-4,7-8,26H,2,5-6H2,1H3,(H3,21,22,23,24,25,27);2-5H,1H3,(H2,19,20,21,22,23). The molecule has 21 heteroatoms. The summed E-state index contributed by atoms with van der Waals surface area (Å²) in [5.74, 6) is -2.65. The van der Waals surface area contributed by atoms with Crippen LogP contribution >= 0.6 is 11.6 Å². The van der Waals surface area contributed by atoms with Gasteiger partial charge in [0.2, 0.25) is 11.9 Å². The SMILES string of the molecule is Cc1cc(Cl)nc(NC(=O)Nc2ccc(F)c(C(F)(F)F)c2)n1.Cc1cc(NCCCO)nc(NC(=O)Nc2ccc(F)c(C(F)(F)F)c2)n1. The van der Waals surface area contributed by atoms with Crippen LogP contribution in [0, 0.1) is 25.5 Å². The van der Waals surface area contributed by atoms with E-state index >= 15 is 0 Å². The molecule has 0 aliphatic heterocycles. The Bertz CT molecular complexity index is 1810. The smallest absolute Gasteiger partial charge is 0.396 e. The van der Waals surface area contributed by atoms with E-state index in [1.54, 1.807) is 19.9 Å². The van der Waals surface area contributed by atoms with Crippen LogP contribution < -0.4 is 26.6 Å². The Morgan fingerprint density at radius 1 is 0.700 bits per heavy atom. The Labute approximate surface area is 282 Å². The molecule has 0 aliphatic rings. The number of urea groups is 2. The van der Waals surface area contributed by atoms with Gasteiger partial charge in [-0.3, -0.25) is 10.6 Å². The molecule has 50 heavy (non-hydrogen) atoms. The maximum atomic E-state index is 13.3. The Balaban J connectivity index is 0.000000274. The number of anilines is 5. The highest BCUT2D eigenvalue weighted by molar-refractivity contribution is 6.29. The second-order valence-corrected chi connectivity index (χ2v) is 10.3. The van der Waals surface area contributed by atoms with E-state index in [2.05, 4.69) is 46.5 Å². The molecule has 2 aromatic heterocycles. The van der Waals surface area contributed by atoms with Crippen molar-refractivity contribution in [2.24, 2.45) is 0 Å². The molecular weight excluding hydrogens is 710 g/mol. The second-order valence-electron chi connectivity index (χ2n) is 9.92. The van der Waals surface area contributed by atoms with Crippen LogP contribution in [0.4, 0.5) is 73.8 Å². The fraction of sp³-hybridized carbons (Fsp3) is 0.241. The lowest BCUT2D eigenvalue weighted by atomic mass is 10.2. The van der Waals surface area contributed by atoms with Crippen LogP contribution in [0.1, 0.15) is 28.9 Å². The highest BCUT2D eigenvalue weighted by atomic mass is 35.5. The van der Waals surface area contributed by atoms with Gasteiger partial charge in [-0.2, -0.15) is 31.3 Å². The van der Waals surface area contributed by atoms with Gasteiger partial charge in [0.05, 0.1) is 11.1 Å². The summed E-state index contributed by atoms with van der Waals surface area (Å²) >= 11 is 5.69. The van der Waals surface area contributed by atoms with E-state index in [1.807, 2.05) is 0 Å². The highest BCUT2D eigenvalue weighted by Gasteiger charge is 2.35. The number of halogens is 9. The van der Waals surface area contributed by atoms with E-state index < -0.39 is 47.2 Å². The second kappa shape index (κ2) is 16.8. The van der Waals surface area contributed by atoms with Gasteiger partial charge in [-0.25, -0.2) is 33.3 Å². The monoisotopic (exact) mass is 735 g/mol. The topological polar surface area (TPSA) is 166 Å². The quantitative estimate of drug-likeness (QED) is 0.0611. The fourth-order valence-corrected chi connectivity index (χ4v) is 4.00.